The van der Waals surface area contributed by atoms with Gasteiger partial charge < -0.3 is 25.5 Å². The van der Waals surface area contributed by atoms with Crippen LogP contribution in [-0.2, 0) is 9.59 Å². The van der Waals surface area contributed by atoms with E-state index in [0.29, 0.717) is 0 Å². The van der Waals surface area contributed by atoms with E-state index in [0.717, 1.165) is 50.4 Å². The fourth-order valence-electron chi connectivity index (χ4n) is 5.20. The van der Waals surface area contributed by atoms with Gasteiger partial charge in [0.2, 0.25) is 11.8 Å². The average Bonchev–Trinajstić information content (AvgIpc) is 3.48. The molecule has 0 bridgehead atoms. The molecular weight excluding hydrogens is 458 g/mol. The Labute approximate surface area is 213 Å². The molecule has 2 saturated heterocycles. The van der Waals surface area contributed by atoms with E-state index < -0.39 is 18.2 Å². The number of piperazine rings is 1. The summed E-state index contributed by atoms with van der Waals surface area (Å²) in [6.07, 6.45) is 1.99. The summed E-state index contributed by atoms with van der Waals surface area (Å²) >= 11 is 0. The molecular formula is C26H39N7O3. The third-order valence-corrected chi connectivity index (χ3v) is 7.12. The maximum atomic E-state index is 13.7. The molecule has 3 heterocycles. The van der Waals surface area contributed by atoms with Crippen molar-refractivity contribution >= 4 is 11.8 Å². The fraction of sp³-hybridized carbons (Fsp3) is 0.615. The summed E-state index contributed by atoms with van der Waals surface area (Å²) in [4.78, 5) is 31.2. The van der Waals surface area contributed by atoms with Gasteiger partial charge in [-0.2, -0.15) is 0 Å². The van der Waals surface area contributed by atoms with Gasteiger partial charge in [0.05, 0.1) is 17.8 Å². The molecule has 0 radical (unpaired) electrons. The lowest BCUT2D eigenvalue weighted by molar-refractivity contribution is -0.142. The summed E-state index contributed by atoms with van der Waals surface area (Å²) in [7, 11) is 0. The molecule has 0 spiro atoms. The average molecular weight is 498 g/mol. The number of hydrogen-bond acceptors (Lipinski definition) is 7. The van der Waals surface area contributed by atoms with Crippen molar-refractivity contribution in [2.75, 3.05) is 39.3 Å². The summed E-state index contributed by atoms with van der Waals surface area (Å²) in [6, 6.07) is 8.46. The number of aryl methyl sites for hydroxylation is 1. The number of carbonyl (C=O) groups is 2. The molecule has 1 aromatic carbocycles. The van der Waals surface area contributed by atoms with Crippen LogP contribution in [0.1, 0.15) is 50.0 Å². The highest BCUT2D eigenvalue weighted by molar-refractivity contribution is 5.90. The van der Waals surface area contributed by atoms with Crippen LogP contribution in [0, 0.1) is 12.8 Å². The van der Waals surface area contributed by atoms with Gasteiger partial charge in [0.25, 0.3) is 0 Å². The van der Waals surface area contributed by atoms with Gasteiger partial charge in [-0.05, 0) is 24.8 Å². The number of hydrogen-bond donors (Lipinski definition) is 3. The summed E-state index contributed by atoms with van der Waals surface area (Å²) in [5, 5.41) is 25.2. The second-order valence-corrected chi connectivity index (χ2v) is 10.3. The van der Waals surface area contributed by atoms with Crippen molar-refractivity contribution in [2.45, 2.75) is 57.8 Å². The first-order valence-corrected chi connectivity index (χ1v) is 13.0. The number of amides is 2. The number of aliphatic hydroxyl groups excluding tert-OH is 1. The van der Waals surface area contributed by atoms with Gasteiger partial charge in [-0.15, -0.1) is 5.10 Å². The van der Waals surface area contributed by atoms with Crippen molar-refractivity contribution in [1.82, 2.24) is 35.4 Å². The number of carbonyl (C=O) groups excluding carboxylic acids is 2. The molecule has 10 nitrogen and oxygen atoms in total. The van der Waals surface area contributed by atoms with Gasteiger partial charge in [-0.1, -0.05) is 49.4 Å². The highest BCUT2D eigenvalue weighted by atomic mass is 16.3. The molecule has 2 fully saturated rings. The molecule has 2 aromatic rings. The number of nitrogens with zero attached hydrogens (tertiary/aromatic N) is 5. The molecule has 196 valence electrons. The van der Waals surface area contributed by atoms with E-state index in [1.807, 2.05) is 51.1 Å². The first kappa shape index (κ1) is 26.2. The second kappa shape index (κ2) is 11.9. The van der Waals surface area contributed by atoms with E-state index in [4.69, 9.17) is 0 Å². The normalized spacial score (nSPS) is 22.5. The van der Waals surface area contributed by atoms with Crippen molar-refractivity contribution in [2.24, 2.45) is 5.92 Å². The summed E-state index contributed by atoms with van der Waals surface area (Å²) in [5.41, 5.74) is 1.76. The molecule has 1 aromatic heterocycles. The van der Waals surface area contributed by atoms with Crippen LogP contribution in [0.4, 0.5) is 0 Å². The Morgan fingerprint density at radius 3 is 2.56 bits per heavy atom. The monoisotopic (exact) mass is 497 g/mol. The molecule has 36 heavy (non-hydrogen) atoms. The van der Waals surface area contributed by atoms with Crippen molar-refractivity contribution < 1.29 is 14.7 Å². The zero-order valence-electron chi connectivity index (χ0n) is 21.5. The largest absolute Gasteiger partial charge is 0.391 e. The van der Waals surface area contributed by atoms with Crippen molar-refractivity contribution in [3.8, 4) is 0 Å². The van der Waals surface area contributed by atoms with Gasteiger partial charge >= 0.3 is 0 Å². The van der Waals surface area contributed by atoms with Crippen LogP contribution in [0.25, 0.3) is 0 Å². The Morgan fingerprint density at radius 1 is 1.19 bits per heavy atom. The van der Waals surface area contributed by atoms with Gasteiger partial charge in [0, 0.05) is 51.9 Å². The predicted molar refractivity (Wildman–Crippen MR) is 136 cm³/mol. The summed E-state index contributed by atoms with van der Waals surface area (Å²) < 4.78 is 1.57. The SMILES string of the molecule is Cc1cn([C@H](C(=O)N2C[C@H](O)C[C@H]2C(=O)N[C@@H](CCN2CCNCC2)c2ccccc2)C(C)C)nn1. The molecule has 0 saturated carbocycles. The van der Waals surface area contributed by atoms with E-state index in [-0.39, 0.29) is 36.7 Å². The van der Waals surface area contributed by atoms with Crippen LogP contribution in [0.15, 0.2) is 36.5 Å². The predicted octanol–water partition coefficient (Wildman–Crippen LogP) is 0.898. The minimum atomic E-state index is -0.744. The third-order valence-electron chi connectivity index (χ3n) is 7.12. The Morgan fingerprint density at radius 2 is 1.92 bits per heavy atom. The van der Waals surface area contributed by atoms with Gasteiger partial charge in [-0.3, -0.25) is 9.59 Å². The van der Waals surface area contributed by atoms with Crippen LogP contribution in [-0.4, -0.2) is 93.1 Å². The zero-order chi connectivity index (χ0) is 25.7. The molecule has 3 N–H and O–H groups in total. The Hall–Kier alpha value is -2.82. The standard InChI is InChI=1S/C26H39N7O3/c1-18(2)24(33-16-19(3)29-30-33)26(36)32-17-21(34)15-23(32)25(35)28-22(20-7-5-4-6-8-20)9-12-31-13-10-27-11-14-31/h4-8,16,18,21-24,27,34H,9-15,17H2,1-3H3,(H,28,35)/t21-,22+,23+,24+/m1/s1. The molecule has 4 rings (SSSR count). The molecule has 2 aliphatic heterocycles. The number of nitrogens with one attached hydrogen (secondary N) is 2. The minimum absolute atomic E-state index is 0.0591. The molecule has 10 heteroatoms. The van der Waals surface area contributed by atoms with Crippen LogP contribution in [0.3, 0.4) is 0 Å². The second-order valence-electron chi connectivity index (χ2n) is 10.3. The number of aromatic nitrogens is 3. The molecule has 2 amide bonds. The Bertz CT molecular complexity index is 1010. The number of β-amino-alcohol motifs (C(OH)–C–C–N with tert-alkyl or cyclic N) is 1. The van der Waals surface area contributed by atoms with E-state index >= 15 is 0 Å². The van der Waals surface area contributed by atoms with Crippen molar-refractivity contribution in [3.63, 3.8) is 0 Å². The maximum Gasteiger partial charge on any atom is 0.248 e. The topological polar surface area (TPSA) is 116 Å². The lowest BCUT2D eigenvalue weighted by atomic mass is 10.0. The number of aliphatic hydroxyl groups is 1. The number of benzene rings is 1. The van der Waals surface area contributed by atoms with Crippen molar-refractivity contribution in [3.05, 3.63) is 47.8 Å². The Kier molecular flexibility index (Phi) is 8.71. The van der Waals surface area contributed by atoms with E-state index in [1.165, 1.54) is 4.90 Å². The Balaban J connectivity index is 1.49. The van der Waals surface area contributed by atoms with E-state index in [1.54, 1.807) is 10.9 Å². The summed E-state index contributed by atoms with van der Waals surface area (Å²) in [5.74, 6) is -0.508. The molecule has 0 aliphatic carbocycles. The first-order chi connectivity index (χ1) is 17.3. The minimum Gasteiger partial charge on any atom is -0.391 e. The van der Waals surface area contributed by atoms with Crippen LogP contribution in [0.2, 0.25) is 0 Å². The third kappa shape index (κ3) is 6.29. The van der Waals surface area contributed by atoms with Crippen LogP contribution in [0.5, 0.6) is 0 Å². The van der Waals surface area contributed by atoms with Crippen LogP contribution < -0.4 is 10.6 Å². The molecule has 4 atom stereocenters. The maximum absolute atomic E-state index is 13.7. The number of likely N-dealkylation sites (tertiary alicyclic amines) is 1. The van der Waals surface area contributed by atoms with Crippen LogP contribution >= 0.6 is 0 Å². The number of rotatable bonds is 9. The highest BCUT2D eigenvalue weighted by Crippen LogP contribution is 2.27. The quantitative estimate of drug-likeness (QED) is 0.471. The first-order valence-electron chi connectivity index (χ1n) is 13.0. The van der Waals surface area contributed by atoms with Gasteiger partial charge in [-0.25, -0.2) is 4.68 Å². The van der Waals surface area contributed by atoms with E-state index in [2.05, 4.69) is 25.8 Å². The van der Waals surface area contributed by atoms with Gasteiger partial charge in [0.1, 0.15) is 12.1 Å². The van der Waals surface area contributed by atoms with Gasteiger partial charge in [0.15, 0.2) is 0 Å². The van der Waals surface area contributed by atoms with Crippen molar-refractivity contribution in [1.29, 1.82) is 0 Å². The summed E-state index contributed by atoms with van der Waals surface area (Å²) in [6.45, 7) is 10.7. The van der Waals surface area contributed by atoms with E-state index in [9.17, 15) is 14.7 Å². The lowest BCUT2D eigenvalue weighted by Crippen LogP contribution is -2.50. The fourth-order valence-corrected chi connectivity index (χ4v) is 5.20. The zero-order valence-corrected chi connectivity index (χ0v) is 21.5. The highest BCUT2D eigenvalue weighted by Gasteiger charge is 2.43. The molecule has 0 unspecified atom stereocenters. The smallest absolute Gasteiger partial charge is 0.248 e. The lowest BCUT2D eigenvalue weighted by Gasteiger charge is -2.32. The molecule has 2 aliphatic rings.